The largest absolute Gasteiger partial charge is 0.473 e. The topological polar surface area (TPSA) is 136 Å². The molecule has 0 aliphatic carbocycles. The van der Waals surface area contributed by atoms with Gasteiger partial charge in [-0.05, 0) is 18.2 Å². The van der Waals surface area contributed by atoms with Gasteiger partial charge in [-0.3, -0.25) is 9.78 Å². The van der Waals surface area contributed by atoms with Crippen molar-refractivity contribution in [2.75, 3.05) is 24.6 Å². The normalized spacial score (nSPS) is 15.5. The van der Waals surface area contributed by atoms with Gasteiger partial charge in [0.25, 0.3) is 5.91 Å². The molecule has 0 saturated carbocycles. The van der Waals surface area contributed by atoms with Gasteiger partial charge in [0.2, 0.25) is 5.88 Å². The van der Waals surface area contributed by atoms with Crippen molar-refractivity contribution in [3.63, 3.8) is 0 Å². The number of aliphatic hydroxyl groups excluding tert-OH is 1. The van der Waals surface area contributed by atoms with Crippen LogP contribution in [-0.4, -0.2) is 64.1 Å². The van der Waals surface area contributed by atoms with E-state index in [1.807, 2.05) is 0 Å². The number of amides is 1. The molecule has 10 nitrogen and oxygen atoms in total. The lowest BCUT2D eigenvalue weighted by atomic mass is 10.1. The Morgan fingerprint density at radius 2 is 1.94 bits per heavy atom. The van der Waals surface area contributed by atoms with E-state index in [-0.39, 0.29) is 48.7 Å². The summed E-state index contributed by atoms with van der Waals surface area (Å²) >= 11 is 0. The van der Waals surface area contributed by atoms with Crippen molar-refractivity contribution < 1.29 is 32.0 Å². The van der Waals surface area contributed by atoms with Crippen LogP contribution in [0.3, 0.4) is 0 Å². The Morgan fingerprint density at radius 1 is 1.16 bits per heavy atom. The van der Waals surface area contributed by atoms with Crippen LogP contribution in [0.4, 0.5) is 4.39 Å². The van der Waals surface area contributed by atoms with Crippen molar-refractivity contribution in [1.29, 1.82) is 0 Å². The predicted octanol–water partition coefficient (Wildman–Crippen LogP) is 1.21. The number of carbonyl (C=O) groups is 1. The van der Waals surface area contributed by atoms with Gasteiger partial charge in [-0.25, -0.2) is 17.8 Å². The smallest absolute Gasteiger partial charge is 0.255 e. The van der Waals surface area contributed by atoms with E-state index in [1.54, 1.807) is 0 Å². The lowest BCUT2D eigenvalue weighted by Crippen LogP contribution is -2.43. The molecule has 0 bridgehead atoms. The predicted molar refractivity (Wildman–Crippen MR) is 109 cm³/mol. The zero-order chi connectivity index (χ0) is 22.7. The molecule has 1 aliphatic heterocycles. The molecule has 0 spiro atoms. The van der Waals surface area contributed by atoms with Gasteiger partial charge in [-0.2, -0.15) is 0 Å². The Balaban J connectivity index is 1.44. The number of aliphatic hydroxyl groups is 1. The van der Waals surface area contributed by atoms with Gasteiger partial charge >= 0.3 is 0 Å². The molecule has 1 aliphatic rings. The van der Waals surface area contributed by atoms with Gasteiger partial charge in [0.1, 0.15) is 24.7 Å². The standard InChI is InChI=1S/C20H19FN4O6S/c21-14-2-3-16(22-10-14)19-15(17(11-26)31-24-19)12-30-18-4-1-13(9-23-18)20(27)25-5-7-32(28,29)8-6-25/h1-4,9-10,26H,5-8,11-12H2. The van der Waals surface area contributed by atoms with Gasteiger partial charge in [-0.1, -0.05) is 5.16 Å². The third-order valence-electron chi connectivity index (χ3n) is 4.96. The maximum absolute atomic E-state index is 13.2. The number of nitrogens with zero attached hydrogens (tertiary/aromatic N) is 4. The van der Waals surface area contributed by atoms with E-state index < -0.39 is 22.3 Å². The van der Waals surface area contributed by atoms with Crippen molar-refractivity contribution in [3.05, 3.63) is 59.4 Å². The fourth-order valence-electron chi connectivity index (χ4n) is 3.17. The Morgan fingerprint density at radius 3 is 2.56 bits per heavy atom. The lowest BCUT2D eigenvalue weighted by Gasteiger charge is -2.26. The number of hydrogen-bond acceptors (Lipinski definition) is 9. The molecule has 3 aromatic heterocycles. The van der Waals surface area contributed by atoms with Gasteiger partial charge in [-0.15, -0.1) is 0 Å². The van der Waals surface area contributed by atoms with E-state index in [2.05, 4.69) is 15.1 Å². The number of ether oxygens (including phenoxy) is 1. The zero-order valence-electron chi connectivity index (χ0n) is 16.8. The molecule has 4 rings (SSSR count). The van der Waals surface area contributed by atoms with Crippen molar-refractivity contribution in [2.24, 2.45) is 0 Å². The highest BCUT2D eigenvalue weighted by atomic mass is 32.2. The first-order valence-electron chi connectivity index (χ1n) is 9.65. The summed E-state index contributed by atoms with van der Waals surface area (Å²) < 4.78 is 47.0. The molecule has 1 amide bonds. The SMILES string of the molecule is O=C(c1ccc(OCc2c(-c3ccc(F)cn3)noc2CO)nc1)N1CCS(=O)(=O)CC1. The third-order valence-corrected chi connectivity index (χ3v) is 6.57. The molecule has 12 heteroatoms. The van der Waals surface area contributed by atoms with Gasteiger partial charge in [0.15, 0.2) is 15.6 Å². The molecule has 1 N–H and O–H groups in total. The van der Waals surface area contributed by atoms with E-state index in [1.165, 1.54) is 35.4 Å². The highest BCUT2D eigenvalue weighted by Crippen LogP contribution is 2.25. The zero-order valence-corrected chi connectivity index (χ0v) is 17.6. The molecule has 0 radical (unpaired) electrons. The summed E-state index contributed by atoms with van der Waals surface area (Å²) in [4.78, 5) is 22.1. The molecule has 32 heavy (non-hydrogen) atoms. The van der Waals surface area contributed by atoms with Crippen LogP contribution in [0, 0.1) is 5.82 Å². The quantitative estimate of drug-likeness (QED) is 0.573. The van der Waals surface area contributed by atoms with Crippen LogP contribution in [0.5, 0.6) is 5.88 Å². The van der Waals surface area contributed by atoms with Crippen LogP contribution in [0.15, 0.2) is 41.2 Å². The number of pyridine rings is 2. The van der Waals surface area contributed by atoms with Crippen LogP contribution in [-0.2, 0) is 23.1 Å². The first kappa shape index (κ1) is 21.8. The van der Waals surface area contributed by atoms with Crippen LogP contribution in [0.25, 0.3) is 11.4 Å². The first-order chi connectivity index (χ1) is 15.4. The molecular weight excluding hydrogens is 443 g/mol. The Hall–Kier alpha value is -3.38. The summed E-state index contributed by atoms with van der Waals surface area (Å²) in [7, 11) is -3.08. The van der Waals surface area contributed by atoms with Crippen LogP contribution in [0.2, 0.25) is 0 Å². The van der Waals surface area contributed by atoms with Crippen LogP contribution in [0.1, 0.15) is 21.7 Å². The molecule has 1 saturated heterocycles. The average Bonchev–Trinajstić information content (AvgIpc) is 3.21. The summed E-state index contributed by atoms with van der Waals surface area (Å²) in [5.74, 6) is -0.508. The summed E-state index contributed by atoms with van der Waals surface area (Å²) in [6, 6.07) is 5.71. The van der Waals surface area contributed by atoms with E-state index in [0.29, 0.717) is 22.5 Å². The maximum atomic E-state index is 13.2. The molecule has 3 aromatic rings. The van der Waals surface area contributed by atoms with E-state index >= 15 is 0 Å². The van der Waals surface area contributed by atoms with Crippen molar-refractivity contribution in [2.45, 2.75) is 13.2 Å². The number of halogens is 1. The first-order valence-corrected chi connectivity index (χ1v) is 11.5. The number of sulfone groups is 1. The fraction of sp³-hybridized carbons (Fsp3) is 0.300. The van der Waals surface area contributed by atoms with Crippen LogP contribution < -0.4 is 4.74 Å². The van der Waals surface area contributed by atoms with E-state index in [4.69, 9.17) is 9.26 Å². The lowest BCUT2D eigenvalue weighted by molar-refractivity contribution is 0.0769. The second kappa shape index (κ2) is 9.01. The average molecular weight is 462 g/mol. The summed E-state index contributed by atoms with van der Waals surface area (Å²) in [6.45, 7) is -0.175. The molecule has 1 fully saturated rings. The Labute approximate surface area is 182 Å². The second-order valence-electron chi connectivity index (χ2n) is 7.07. The Bertz CT molecular complexity index is 1200. The minimum Gasteiger partial charge on any atom is -0.473 e. The minimum atomic E-state index is -3.08. The molecular formula is C20H19FN4O6S. The fourth-order valence-corrected chi connectivity index (χ4v) is 4.37. The molecule has 0 atom stereocenters. The highest BCUT2D eigenvalue weighted by Gasteiger charge is 2.26. The van der Waals surface area contributed by atoms with Gasteiger partial charge in [0.05, 0.1) is 34.5 Å². The number of carbonyl (C=O) groups excluding carboxylic acids is 1. The maximum Gasteiger partial charge on any atom is 0.255 e. The summed E-state index contributed by atoms with van der Waals surface area (Å²) in [5, 5.41) is 13.4. The van der Waals surface area contributed by atoms with Crippen LogP contribution >= 0.6 is 0 Å². The van der Waals surface area contributed by atoms with Gasteiger partial charge in [0, 0.05) is 25.4 Å². The van der Waals surface area contributed by atoms with Crippen molar-refractivity contribution in [1.82, 2.24) is 20.0 Å². The van der Waals surface area contributed by atoms with E-state index in [9.17, 15) is 22.7 Å². The van der Waals surface area contributed by atoms with Crippen molar-refractivity contribution >= 4 is 15.7 Å². The highest BCUT2D eigenvalue weighted by molar-refractivity contribution is 7.91. The third kappa shape index (κ3) is 4.75. The molecule has 0 unspecified atom stereocenters. The number of aromatic nitrogens is 3. The summed E-state index contributed by atoms with van der Waals surface area (Å²) in [6.07, 6.45) is 2.39. The minimum absolute atomic E-state index is 0.0511. The van der Waals surface area contributed by atoms with Gasteiger partial charge < -0.3 is 19.3 Å². The number of hydrogen-bond donors (Lipinski definition) is 1. The summed E-state index contributed by atoms with van der Waals surface area (Å²) in [5.41, 5.74) is 1.41. The van der Waals surface area contributed by atoms with E-state index in [0.717, 1.165) is 6.20 Å². The number of rotatable bonds is 6. The monoisotopic (exact) mass is 462 g/mol. The second-order valence-corrected chi connectivity index (χ2v) is 9.37. The van der Waals surface area contributed by atoms with Crippen molar-refractivity contribution in [3.8, 4) is 17.3 Å². The molecule has 4 heterocycles. The Kier molecular flexibility index (Phi) is 6.15. The molecule has 168 valence electrons. The molecule has 0 aromatic carbocycles.